The first-order valence-electron chi connectivity index (χ1n) is 8.72. The average Bonchev–Trinajstić information content (AvgIpc) is 3.11. The van der Waals surface area contributed by atoms with Crippen LogP contribution in [0.15, 0.2) is 12.7 Å². The van der Waals surface area contributed by atoms with Gasteiger partial charge in [-0.05, 0) is 33.2 Å². The summed E-state index contributed by atoms with van der Waals surface area (Å²) >= 11 is 0. The second-order valence-electron chi connectivity index (χ2n) is 7.04. The molecular weight excluding hydrogens is 294 g/mol. The number of morpholine rings is 1. The van der Waals surface area contributed by atoms with Crippen molar-refractivity contribution in [3.63, 3.8) is 0 Å². The number of nitrogens with zero attached hydrogens (tertiary/aromatic N) is 5. The molecule has 1 aromatic heterocycles. The van der Waals surface area contributed by atoms with Crippen molar-refractivity contribution in [2.45, 2.75) is 57.6 Å². The largest absolute Gasteiger partial charge is 0.390 e. The maximum absolute atomic E-state index is 10.5. The molecule has 3 rings (SSSR count). The summed E-state index contributed by atoms with van der Waals surface area (Å²) in [6.45, 7) is 9.40. The van der Waals surface area contributed by atoms with Gasteiger partial charge in [0.05, 0.1) is 24.9 Å². The number of aliphatic hydroxyl groups excluding tert-OH is 1. The summed E-state index contributed by atoms with van der Waals surface area (Å²) in [7, 11) is 0. The molecule has 2 fully saturated rings. The van der Waals surface area contributed by atoms with Gasteiger partial charge in [-0.2, -0.15) is 5.10 Å². The molecule has 0 unspecified atom stereocenters. The minimum atomic E-state index is -0.316. The number of likely N-dealkylation sites (tertiary alicyclic amines) is 1. The lowest BCUT2D eigenvalue weighted by molar-refractivity contribution is -0.0782. The van der Waals surface area contributed by atoms with Crippen molar-refractivity contribution in [1.29, 1.82) is 0 Å². The van der Waals surface area contributed by atoms with Crippen molar-refractivity contribution in [1.82, 2.24) is 24.6 Å². The molecule has 7 nitrogen and oxygen atoms in total. The molecule has 0 amide bonds. The molecule has 0 radical (unpaired) electrons. The van der Waals surface area contributed by atoms with E-state index in [0.717, 1.165) is 45.7 Å². The molecule has 0 aliphatic carbocycles. The van der Waals surface area contributed by atoms with Crippen LogP contribution in [-0.4, -0.2) is 86.7 Å². The summed E-state index contributed by atoms with van der Waals surface area (Å²) in [5.74, 6) is 0. The molecule has 1 N–H and O–H groups in total. The van der Waals surface area contributed by atoms with Crippen molar-refractivity contribution >= 4 is 0 Å². The Morgan fingerprint density at radius 1 is 1.26 bits per heavy atom. The molecule has 0 spiro atoms. The molecule has 0 bridgehead atoms. The fourth-order valence-electron chi connectivity index (χ4n) is 3.95. The van der Waals surface area contributed by atoms with E-state index in [1.54, 1.807) is 12.7 Å². The van der Waals surface area contributed by atoms with E-state index in [1.165, 1.54) is 6.42 Å². The van der Waals surface area contributed by atoms with Crippen LogP contribution in [0.3, 0.4) is 0 Å². The van der Waals surface area contributed by atoms with Crippen LogP contribution >= 0.6 is 0 Å². The first-order chi connectivity index (χ1) is 11.1. The summed E-state index contributed by atoms with van der Waals surface area (Å²) < 4.78 is 7.65. The summed E-state index contributed by atoms with van der Waals surface area (Å²) in [5.41, 5.74) is 0. The lowest BCUT2D eigenvalue weighted by Crippen LogP contribution is -2.50. The molecular formula is C16H29N5O2. The Hall–Kier alpha value is -1.02. The van der Waals surface area contributed by atoms with Crippen LogP contribution in [0.5, 0.6) is 0 Å². The maximum atomic E-state index is 10.5. The lowest BCUT2D eigenvalue weighted by atomic mass is 10.2. The van der Waals surface area contributed by atoms with Gasteiger partial charge in [-0.3, -0.25) is 14.5 Å². The molecule has 0 aromatic carbocycles. The molecule has 2 saturated heterocycles. The topological polar surface area (TPSA) is 66.7 Å². The number of hydrogen-bond donors (Lipinski definition) is 1. The highest BCUT2D eigenvalue weighted by Crippen LogP contribution is 2.19. The van der Waals surface area contributed by atoms with Crippen LogP contribution in [0.2, 0.25) is 0 Å². The normalized spacial score (nSPS) is 31.5. The monoisotopic (exact) mass is 323 g/mol. The summed E-state index contributed by atoms with van der Waals surface area (Å²) in [5, 5.41) is 14.7. The number of β-amino-alcohol motifs (C(OH)–C–C–N with tert-alkyl or cyclic N) is 1. The molecule has 2 aliphatic rings. The highest BCUT2D eigenvalue weighted by molar-refractivity contribution is 4.83. The summed E-state index contributed by atoms with van der Waals surface area (Å²) in [4.78, 5) is 8.73. The molecule has 0 saturated carbocycles. The number of rotatable bonds is 6. The first kappa shape index (κ1) is 16.8. The van der Waals surface area contributed by atoms with E-state index in [-0.39, 0.29) is 18.3 Å². The lowest BCUT2D eigenvalue weighted by Gasteiger charge is -2.37. The summed E-state index contributed by atoms with van der Waals surface area (Å²) in [6.07, 6.45) is 5.88. The van der Waals surface area contributed by atoms with E-state index in [1.807, 2.05) is 4.68 Å². The molecule has 2 aliphatic heterocycles. The Morgan fingerprint density at radius 2 is 2.04 bits per heavy atom. The highest BCUT2D eigenvalue weighted by atomic mass is 16.5. The Labute approximate surface area is 138 Å². The fourth-order valence-corrected chi connectivity index (χ4v) is 3.95. The van der Waals surface area contributed by atoms with E-state index in [9.17, 15) is 5.11 Å². The Morgan fingerprint density at radius 3 is 2.74 bits per heavy atom. The number of aliphatic hydroxyl groups is 1. The van der Waals surface area contributed by atoms with Crippen LogP contribution in [0.4, 0.5) is 0 Å². The molecule has 1 aromatic rings. The van der Waals surface area contributed by atoms with Crippen LogP contribution in [0, 0.1) is 0 Å². The molecule has 3 heterocycles. The second-order valence-corrected chi connectivity index (χ2v) is 7.04. The molecule has 4 atom stereocenters. The van der Waals surface area contributed by atoms with Crippen molar-refractivity contribution in [3.8, 4) is 0 Å². The Bertz CT molecular complexity index is 459. The molecule has 130 valence electrons. The third kappa shape index (κ3) is 4.73. The SMILES string of the molecule is C[C@@H]1CN(C[C@H](O)CN2CCC[C@H]2Cn2cncn2)C[C@H](C)O1. The van der Waals surface area contributed by atoms with Crippen molar-refractivity contribution < 1.29 is 9.84 Å². The van der Waals surface area contributed by atoms with Gasteiger partial charge in [-0.25, -0.2) is 4.98 Å². The standard InChI is InChI=1S/C16H29N5O2/c1-13-6-19(7-14(2)23-13)9-16(22)10-20-5-3-4-15(20)8-21-12-17-11-18-21/h11-16,22H,3-10H2,1-2H3/t13-,14+,15-,16-/m0/s1. The Balaban J connectivity index is 1.47. The van der Waals surface area contributed by atoms with Gasteiger partial charge in [0.15, 0.2) is 0 Å². The van der Waals surface area contributed by atoms with Crippen molar-refractivity contribution in [2.75, 3.05) is 32.7 Å². The second kappa shape index (κ2) is 7.70. The molecule has 7 heteroatoms. The number of ether oxygens (including phenoxy) is 1. The highest BCUT2D eigenvalue weighted by Gasteiger charge is 2.29. The Kier molecular flexibility index (Phi) is 5.63. The smallest absolute Gasteiger partial charge is 0.137 e. The third-order valence-electron chi connectivity index (χ3n) is 4.77. The van der Waals surface area contributed by atoms with Crippen molar-refractivity contribution in [3.05, 3.63) is 12.7 Å². The minimum Gasteiger partial charge on any atom is -0.390 e. The molecule has 23 heavy (non-hydrogen) atoms. The van der Waals surface area contributed by atoms with Crippen LogP contribution in [0.1, 0.15) is 26.7 Å². The van der Waals surface area contributed by atoms with E-state index >= 15 is 0 Å². The number of aromatic nitrogens is 3. The van der Waals surface area contributed by atoms with Gasteiger partial charge in [0, 0.05) is 32.2 Å². The quantitative estimate of drug-likeness (QED) is 0.807. The first-order valence-corrected chi connectivity index (χ1v) is 8.72. The summed E-state index contributed by atoms with van der Waals surface area (Å²) in [6, 6.07) is 0.453. The van der Waals surface area contributed by atoms with Gasteiger partial charge in [0.1, 0.15) is 12.7 Å². The van der Waals surface area contributed by atoms with Gasteiger partial charge in [-0.15, -0.1) is 0 Å². The zero-order chi connectivity index (χ0) is 16.2. The van der Waals surface area contributed by atoms with E-state index in [4.69, 9.17) is 4.74 Å². The average molecular weight is 323 g/mol. The van der Waals surface area contributed by atoms with E-state index in [2.05, 4.69) is 33.7 Å². The van der Waals surface area contributed by atoms with Crippen LogP contribution in [-0.2, 0) is 11.3 Å². The van der Waals surface area contributed by atoms with E-state index < -0.39 is 0 Å². The van der Waals surface area contributed by atoms with Gasteiger partial charge in [0.25, 0.3) is 0 Å². The minimum absolute atomic E-state index is 0.248. The van der Waals surface area contributed by atoms with Gasteiger partial charge in [0.2, 0.25) is 0 Å². The number of hydrogen-bond acceptors (Lipinski definition) is 6. The zero-order valence-corrected chi connectivity index (χ0v) is 14.2. The maximum Gasteiger partial charge on any atom is 0.137 e. The van der Waals surface area contributed by atoms with Crippen molar-refractivity contribution in [2.24, 2.45) is 0 Å². The van der Waals surface area contributed by atoms with Gasteiger partial charge >= 0.3 is 0 Å². The van der Waals surface area contributed by atoms with Crippen LogP contribution < -0.4 is 0 Å². The third-order valence-corrected chi connectivity index (χ3v) is 4.77. The fraction of sp³-hybridized carbons (Fsp3) is 0.875. The van der Waals surface area contributed by atoms with Crippen LogP contribution in [0.25, 0.3) is 0 Å². The van der Waals surface area contributed by atoms with Gasteiger partial charge in [-0.1, -0.05) is 0 Å². The predicted molar refractivity (Wildman–Crippen MR) is 87.1 cm³/mol. The predicted octanol–water partition coefficient (Wildman–Crippen LogP) is 0.213. The van der Waals surface area contributed by atoms with E-state index in [0.29, 0.717) is 6.04 Å². The zero-order valence-electron chi connectivity index (χ0n) is 14.2. The van der Waals surface area contributed by atoms with Gasteiger partial charge < -0.3 is 9.84 Å².